The molecule has 2 aromatic rings. The van der Waals surface area contributed by atoms with Gasteiger partial charge in [0.1, 0.15) is 0 Å². The number of carbonyl (C=O) groups is 1. The number of aldehydes is 1. The number of thiophene rings is 1. The van der Waals surface area contributed by atoms with E-state index in [1.807, 2.05) is 35.7 Å². The Morgan fingerprint density at radius 3 is 2.87 bits per heavy atom. The minimum atomic E-state index is 0.725. The minimum Gasteiger partial charge on any atom is -0.298 e. The summed E-state index contributed by atoms with van der Waals surface area (Å²) in [4.78, 5) is 11.9. The fourth-order valence-corrected chi connectivity index (χ4v) is 3.31. The van der Waals surface area contributed by atoms with Crippen molar-refractivity contribution >= 4 is 45.3 Å². The van der Waals surface area contributed by atoms with Gasteiger partial charge in [0.25, 0.3) is 0 Å². The van der Waals surface area contributed by atoms with Gasteiger partial charge >= 0.3 is 0 Å². The van der Waals surface area contributed by atoms with E-state index in [1.165, 1.54) is 4.21 Å². The van der Waals surface area contributed by atoms with Crippen LogP contribution >= 0.6 is 39.0 Å². The summed E-state index contributed by atoms with van der Waals surface area (Å²) in [5.74, 6) is 0. The molecule has 0 aliphatic carbocycles. The number of carbonyl (C=O) groups excluding carboxylic acids is 1. The number of hydrogen-bond acceptors (Lipinski definition) is 3. The Morgan fingerprint density at radius 1 is 1.33 bits per heavy atom. The first-order valence-electron chi connectivity index (χ1n) is 4.25. The maximum absolute atomic E-state index is 10.9. The van der Waals surface area contributed by atoms with Gasteiger partial charge in [-0.25, -0.2) is 0 Å². The lowest BCUT2D eigenvalue weighted by Crippen LogP contribution is -1.84. The highest BCUT2D eigenvalue weighted by molar-refractivity contribution is 9.10. The molecule has 0 amide bonds. The third-order valence-electron chi connectivity index (χ3n) is 1.80. The van der Waals surface area contributed by atoms with E-state index in [2.05, 4.69) is 15.9 Å². The molecule has 0 spiro atoms. The van der Waals surface area contributed by atoms with Crippen LogP contribution in [0.15, 0.2) is 49.3 Å². The van der Waals surface area contributed by atoms with E-state index >= 15 is 0 Å². The van der Waals surface area contributed by atoms with Crippen molar-refractivity contribution in [2.45, 2.75) is 9.10 Å². The molecule has 0 saturated carbocycles. The van der Waals surface area contributed by atoms with E-state index in [0.717, 1.165) is 21.2 Å². The molecule has 2 rings (SSSR count). The Hall–Kier alpha value is -0.580. The highest BCUT2D eigenvalue weighted by Gasteiger charge is 2.04. The predicted molar refractivity (Wildman–Crippen MR) is 68.0 cm³/mol. The van der Waals surface area contributed by atoms with Gasteiger partial charge in [0, 0.05) is 14.9 Å². The first-order chi connectivity index (χ1) is 7.29. The molecule has 0 aliphatic heterocycles. The second-order valence-corrected chi connectivity index (χ2v) is 6.04. The number of benzene rings is 1. The lowest BCUT2D eigenvalue weighted by atomic mass is 10.2. The van der Waals surface area contributed by atoms with E-state index in [4.69, 9.17) is 0 Å². The summed E-state index contributed by atoms with van der Waals surface area (Å²) in [6, 6.07) is 9.79. The van der Waals surface area contributed by atoms with Crippen LogP contribution < -0.4 is 0 Å². The van der Waals surface area contributed by atoms with Crippen LogP contribution in [0.1, 0.15) is 10.4 Å². The van der Waals surface area contributed by atoms with Gasteiger partial charge in [-0.15, -0.1) is 11.3 Å². The summed E-state index contributed by atoms with van der Waals surface area (Å²) < 4.78 is 2.13. The van der Waals surface area contributed by atoms with Crippen LogP contribution in [0, 0.1) is 0 Å². The molecule has 0 fully saturated rings. The monoisotopic (exact) mass is 298 g/mol. The van der Waals surface area contributed by atoms with Crippen molar-refractivity contribution in [2.75, 3.05) is 0 Å². The molecule has 1 heterocycles. The smallest absolute Gasteiger partial charge is 0.151 e. The molecule has 1 aromatic heterocycles. The molecule has 1 aromatic carbocycles. The van der Waals surface area contributed by atoms with Crippen LogP contribution in [0.4, 0.5) is 0 Å². The molecular formula is C11H7BrOS2. The van der Waals surface area contributed by atoms with Crippen molar-refractivity contribution in [2.24, 2.45) is 0 Å². The highest BCUT2D eigenvalue weighted by atomic mass is 79.9. The standard InChI is InChI=1S/C11H7BrOS2/c12-9-3-4-10(8(6-9)7-13)15-11-2-1-5-14-11/h1-7H. The Labute approximate surface area is 105 Å². The number of hydrogen-bond donors (Lipinski definition) is 0. The Morgan fingerprint density at radius 2 is 2.20 bits per heavy atom. The van der Waals surface area contributed by atoms with Crippen LogP contribution in [-0.2, 0) is 0 Å². The van der Waals surface area contributed by atoms with Crippen LogP contribution in [0.5, 0.6) is 0 Å². The Kier molecular flexibility index (Phi) is 3.61. The molecule has 0 N–H and O–H groups in total. The summed E-state index contributed by atoms with van der Waals surface area (Å²) in [5.41, 5.74) is 0.725. The second kappa shape index (κ2) is 4.96. The zero-order valence-corrected chi connectivity index (χ0v) is 10.9. The van der Waals surface area contributed by atoms with Gasteiger partial charge in [0.05, 0.1) is 4.21 Å². The van der Waals surface area contributed by atoms with Gasteiger partial charge in [0.2, 0.25) is 0 Å². The van der Waals surface area contributed by atoms with Crippen LogP contribution in [0.25, 0.3) is 0 Å². The quantitative estimate of drug-likeness (QED) is 0.778. The SMILES string of the molecule is O=Cc1cc(Br)ccc1Sc1cccs1. The molecular weight excluding hydrogens is 292 g/mol. The maximum Gasteiger partial charge on any atom is 0.151 e. The predicted octanol–water partition coefficient (Wildman–Crippen LogP) is 4.47. The molecule has 15 heavy (non-hydrogen) atoms. The van der Waals surface area contributed by atoms with Gasteiger partial charge in [-0.05, 0) is 29.6 Å². The van der Waals surface area contributed by atoms with E-state index in [0.29, 0.717) is 0 Å². The van der Waals surface area contributed by atoms with Crippen molar-refractivity contribution in [1.29, 1.82) is 0 Å². The normalized spacial score (nSPS) is 10.2. The van der Waals surface area contributed by atoms with Gasteiger partial charge in [0.15, 0.2) is 6.29 Å². The van der Waals surface area contributed by atoms with Gasteiger partial charge in [-0.2, -0.15) is 0 Å². The average Bonchev–Trinajstić information content (AvgIpc) is 2.73. The van der Waals surface area contributed by atoms with Crippen molar-refractivity contribution in [3.05, 3.63) is 45.7 Å². The average molecular weight is 299 g/mol. The highest BCUT2D eigenvalue weighted by Crippen LogP contribution is 2.33. The zero-order chi connectivity index (χ0) is 10.7. The first-order valence-corrected chi connectivity index (χ1v) is 6.74. The zero-order valence-electron chi connectivity index (χ0n) is 7.64. The Bertz CT molecular complexity index is 465. The second-order valence-electron chi connectivity index (χ2n) is 2.83. The summed E-state index contributed by atoms with van der Waals surface area (Å²) in [6.07, 6.45) is 0.890. The number of rotatable bonds is 3. The topological polar surface area (TPSA) is 17.1 Å². The molecule has 1 nitrogen and oxygen atoms in total. The Balaban J connectivity index is 2.32. The van der Waals surface area contributed by atoms with Gasteiger partial charge in [-0.3, -0.25) is 4.79 Å². The molecule has 0 bridgehead atoms. The summed E-state index contributed by atoms with van der Waals surface area (Å²) >= 11 is 6.65. The fourth-order valence-electron chi connectivity index (χ4n) is 1.13. The lowest BCUT2D eigenvalue weighted by molar-refractivity contribution is 0.112. The van der Waals surface area contributed by atoms with Crippen LogP contribution in [0.3, 0.4) is 0 Å². The fraction of sp³-hybridized carbons (Fsp3) is 0. The van der Waals surface area contributed by atoms with Crippen molar-refractivity contribution in [1.82, 2.24) is 0 Å². The van der Waals surface area contributed by atoms with Crippen LogP contribution in [0.2, 0.25) is 0 Å². The molecule has 76 valence electrons. The van der Waals surface area contributed by atoms with Gasteiger partial charge < -0.3 is 0 Å². The summed E-state index contributed by atoms with van der Waals surface area (Å²) in [7, 11) is 0. The molecule has 0 atom stereocenters. The third-order valence-corrected chi connectivity index (χ3v) is 4.43. The van der Waals surface area contributed by atoms with Crippen molar-refractivity contribution in [3.63, 3.8) is 0 Å². The van der Waals surface area contributed by atoms with Crippen molar-refractivity contribution in [3.8, 4) is 0 Å². The molecule has 0 unspecified atom stereocenters. The maximum atomic E-state index is 10.9. The van der Waals surface area contributed by atoms with E-state index in [1.54, 1.807) is 23.1 Å². The third kappa shape index (κ3) is 2.71. The largest absolute Gasteiger partial charge is 0.298 e. The molecule has 0 aliphatic rings. The van der Waals surface area contributed by atoms with Crippen molar-refractivity contribution < 1.29 is 4.79 Å². The van der Waals surface area contributed by atoms with Crippen LogP contribution in [-0.4, -0.2) is 6.29 Å². The summed E-state index contributed by atoms with van der Waals surface area (Å²) in [6.45, 7) is 0. The van der Waals surface area contributed by atoms with E-state index in [9.17, 15) is 4.79 Å². The molecule has 0 saturated heterocycles. The lowest BCUT2D eigenvalue weighted by Gasteiger charge is -2.02. The number of halogens is 1. The molecule has 4 heteroatoms. The minimum absolute atomic E-state index is 0.725. The van der Waals surface area contributed by atoms with Gasteiger partial charge in [-0.1, -0.05) is 33.8 Å². The van der Waals surface area contributed by atoms with E-state index < -0.39 is 0 Å². The summed E-state index contributed by atoms with van der Waals surface area (Å²) in [5, 5.41) is 2.03. The van der Waals surface area contributed by atoms with E-state index in [-0.39, 0.29) is 0 Å². The first kappa shape index (κ1) is 10.9. The molecule has 0 radical (unpaired) electrons.